The van der Waals surface area contributed by atoms with E-state index in [2.05, 4.69) is 22.8 Å². The van der Waals surface area contributed by atoms with Crippen LogP contribution in [0.2, 0.25) is 5.02 Å². The van der Waals surface area contributed by atoms with Gasteiger partial charge in [0.1, 0.15) is 0 Å². The normalized spacial score (nSPS) is 20.7. The lowest BCUT2D eigenvalue weighted by atomic mass is 9.89. The molecule has 1 aromatic rings. The first-order valence-corrected chi connectivity index (χ1v) is 7.35. The molecule has 1 aromatic carbocycles. The van der Waals surface area contributed by atoms with Gasteiger partial charge in [0, 0.05) is 5.71 Å². The molecule has 0 spiro atoms. The van der Waals surface area contributed by atoms with E-state index in [0.29, 0.717) is 10.9 Å². The fourth-order valence-corrected chi connectivity index (χ4v) is 2.53. The van der Waals surface area contributed by atoms with Crippen LogP contribution in [0.3, 0.4) is 0 Å². The standard InChI is InChI=1S/C15H20ClN3O/c1-11-5-4-6-12(9-11)18-19-15(20)10-17-14-8-3-2-7-13(14)16/h2-3,7-8,11,17H,4-6,9-10H2,1H3,(H,19,20)/b18-12+/t11-/m1/s1. The largest absolute Gasteiger partial charge is 0.375 e. The highest BCUT2D eigenvalue weighted by Crippen LogP contribution is 2.21. The van der Waals surface area contributed by atoms with Crippen LogP contribution in [0.4, 0.5) is 5.69 Å². The van der Waals surface area contributed by atoms with Crippen molar-refractivity contribution >= 4 is 28.9 Å². The summed E-state index contributed by atoms with van der Waals surface area (Å²) >= 11 is 6.00. The Hall–Kier alpha value is -1.55. The molecule has 1 amide bonds. The fourth-order valence-electron chi connectivity index (χ4n) is 2.32. The van der Waals surface area contributed by atoms with Gasteiger partial charge < -0.3 is 5.32 Å². The number of benzene rings is 1. The Morgan fingerprint density at radius 2 is 2.25 bits per heavy atom. The molecule has 0 aromatic heterocycles. The number of amides is 1. The van der Waals surface area contributed by atoms with Crippen molar-refractivity contribution in [1.82, 2.24) is 5.43 Å². The lowest BCUT2D eigenvalue weighted by Crippen LogP contribution is -2.28. The zero-order valence-electron chi connectivity index (χ0n) is 11.7. The van der Waals surface area contributed by atoms with Gasteiger partial charge in [0.25, 0.3) is 5.91 Å². The van der Waals surface area contributed by atoms with Crippen molar-refractivity contribution in [2.75, 3.05) is 11.9 Å². The number of hydrogen-bond donors (Lipinski definition) is 2. The summed E-state index contributed by atoms with van der Waals surface area (Å²) in [4.78, 5) is 11.7. The van der Waals surface area contributed by atoms with Crippen LogP contribution in [-0.2, 0) is 4.79 Å². The Bertz CT molecular complexity index is 502. The predicted molar refractivity (Wildman–Crippen MR) is 83.2 cm³/mol. The van der Waals surface area contributed by atoms with Gasteiger partial charge in [-0.3, -0.25) is 4.79 Å². The summed E-state index contributed by atoms with van der Waals surface area (Å²) in [6.07, 6.45) is 4.38. The molecule has 20 heavy (non-hydrogen) atoms. The van der Waals surface area contributed by atoms with Gasteiger partial charge in [0.15, 0.2) is 0 Å². The molecule has 5 heteroatoms. The molecule has 4 nitrogen and oxygen atoms in total. The summed E-state index contributed by atoms with van der Waals surface area (Å²) in [5, 5.41) is 7.81. The fraction of sp³-hybridized carbons (Fsp3) is 0.467. The average molecular weight is 294 g/mol. The maximum Gasteiger partial charge on any atom is 0.259 e. The molecule has 1 aliphatic rings. The summed E-state index contributed by atoms with van der Waals surface area (Å²) in [5.74, 6) is 0.510. The van der Waals surface area contributed by atoms with Crippen molar-refractivity contribution in [3.63, 3.8) is 0 Å². The smallest absolute Gasteiger partial charge is 0.259 e. The minimum atomic E-state index is -0.157. The summed E-state index contributed by atoms with van der Waals surface area (Å²) in [6, 6.07) is 7.34. The number of carbonyl (C=O) groups is 1. The molecule has 0 heterocycles. The molecule has 1 saturated carbocycles. The maximum absolute atomic E-state index is 11.7. The number of carbonyl (C=O) groups excluding carboxylic acids is 1. The topological polar surface area (TPSA) is 53.5 Å². The molecule has 2 rings (SSSR count). The van der Waals surface area contributed by atoms with E-state index in [-0.39, 0.29) is 12.5 Å². The third-order valence-electron chi connectivity index (χ3n) is 3.40. The number of nitrogens with one attached hydrogen (secondary N) is 2. The number of nitrogens with zero attached hydrogens (tertiary/aromatic N) is 1. The number of halogens is 1. The van der Waals surface area contributed by atoms with E-state index in [9.17, 15) is 4.79 Å². The van der Waals surface area contributed by atoms with E-state index in [1.165, 1.54) is 6.42 Å². The monoisotopic (exact) mass is 293 g/mol. The molecule has 0 aliphatic heterocycles. The van der Waals surface area contributed by atoms with Crippen molar-refractivity contribution < 1.29 is 4.79 Å². The number of para-hydroxylation sites is 1. The maximum atomic E-state index is 11.7. The van der Waals surface area contributed by atoms with Gasteiger partial charge in [-0.1, -0.05) is 30.7 Å². The Balaban J connectivity index is 1.78. The van der Waals surface area contributed by atoms with Gasteiger partial charge in [0.2, 0.25) is 0 Å². The second kappa shape index (κ2) is 7.29. The highest BCUT2D eigenvalue weighted by atomic mass is 35.5. The van der Waals surface area contributed by atoms with Crippen molar-refractivity contribution in [3.05, 3.63) is 29.3 Å². The van der Waals surface area contributed by atoms with Gasteiger partial charge in [-0.05, 0) is 43.7 Å². The molecule has 108 valence electrons. The van der Waals surface area contributed by atoms with E-state index in [1.54, 1.807) is 6.07 Å². The van der Waals surface area contributed by atoms with Crippen LogP contribution in [0.15, 0.2) is 29.4 Å². The third-order valence-corrected chi connectivity index (χ3v) is 3.73. The van der Waals surface area contributed by atoms with Crippen molar-refractivity contribution in [2.24, 2.45) is 11.0 Å². The Morgan fingerprint density at radius 1 is 1.45 bits per heavy atom. The number of hydrazone groups is 1. The molecule has 1 aliphatic carbocycles. The molecular weight excluding hydrogens is 274 g/mol. The van der Waals surface area contributed by atoms with Gasteiger partial charge in [-0.15, -0.1) is 0 Å². The summed E-state index contributed by atoms with van der Waals surface area (Å²) in [6.45, 7) is 2.38. The highest BCUT2D eigenvalue weighted by molar-refractivity contribution is 6.33. The summed E-state index contributed by atoms with van der Waals surface area (Å²) < 4.78 is 0. The minimum Gasteiger partial charge on any atom is -0.375 e. The first-order valence-electron chi connectivity index (χ1n) is 6.98. The first-order chi connectivity index (χ1) is 9.65. The van der Waals surface area contributed by atoms with Crippen molar-refractivity contribution in [2.45, 2.75) is 32.6 Å². The molecular formula is C15H20ClN3O. The second-order valence-electron chi connectivity index (χ2n) is 5.25. The third kappa shape index (κ3) is 4.53. The predicted octanol–water partition coefficient (Wildman–Crippen LogP) is 3.43. The molecule has 2 N–H and O–H groups in total. The second-order valence-corrected chi connectivity index (χ2v) is 5.66. The van der Waals surface area contributed by atoms with Gasteiger partial charge >= 0.3 is 0 Å². The Labute approximate surface area is 124 Å². The SMILES string of the molecule is C[C@@H]1CCC/C(=N\NC(=O)CNc2ccccc2Cl)C1. The average Bonchev–Trinajstić information content (AvgIpc) is 2.44. The molecule has 0 saturated heterocycles. The molecule has 0 bridgehead atoms. The van der Waals surface area contributed by atoms with E-state index >= 15 is 0 Å². The zero-order valence-corrected chi connectivity index (χ0v) is 12.4. The van der Waals surface area contributed by atoms with Crippen LogP contribution >= 0.6 is 11.6 Å². The van der Waals surface area contributed by atoms with Crippen LogP contribution in [0.25, 0.3) is 0 Å². The number of hydrogen-bond acceptors (Lipinski definition) is 3. The summed E-state index contributed by atoms with van der Waals surface area (Å²) in [7, 11) is 0. The van der Waals surface area contributed by atoms with Crippen LogP contribution in [0, 0.1) is 5.92 Å². The molecule has 1 fully saturated rings. The van der Waals surface area contributed by atoms with Crippen LogP contribution in [-0.4, -0.2) is 18.2 Å². The van der Waals surface area contributed by atoms with Crippen LogP contribution < -0.4 is 10.7 Å². The lowest BCUT2D eigenvalue weighted by molar-refractivity contribution is -0.119. The summed E-state index contributed by atoms with van der Waals surface area (Å²) in [5.41, 5.74) is 4.45. The Morgan fingerprint density at radius 3 is 3.00 bits per heavy atom. The highest BCUT2D eigenvalue weighted by Gasteiger charge is 2.14. The van der Waals surface area contributed by atoms with Gasteiger partial charge in [-0.2, -0.15) is 5.10 Å². The number of rotatable bonds is 4. The minimum absolute atomic E-state index is 0.157. The lowest BCUT2D eigenvalue weighted by Gasteiger charge is -2.19. The first kappa shape index (κ1) is 14.9. The number of anilines is 1. The molecule has 1 atom stereocenters. The quantitative estimate of drug-likeness (QED) is 0.836. The molecule has 0 unspecified atom stereocenters. The van der Waals surface area contributed by atoms with E-state index in [0.717, 1.165) is 30.7 Å². The van der Waals surface area contributed by atoms with Gasteiger partial charge in [-0.25, -0.2) is 5.43 Å². The van der Waals surface area contributed by atoms with Crippen LogP contribution in [0.1, 0.15) is 32.6 Å². The van der Waals surface area contributed by atoms with E-state index in [4.69, 9.17) is 11.6 Å². The van der Waals surface area contributed by atoms with E-state index in [1.807, 2.05) is 18.2 Å². The zero-order chi connectivity index (χ0) is 14.4. The van der Waals surface area contributed by atoms with Crippen LogP contribution in [0.5, 0.6) is 0 Å². The van der Waals surface area contributed by atoms with E-state index < -0.39 is 0 Å². The van der Waals surface area contributed by atoms with Crippen molar-refractivity contribution in [3.8, 4) is 0 Å². The van der Waals surface area contributed by atoms with Crippen molar-refractivity contribution in [1.29, 1.82) is 0 Å². The Kier molecular flexibility index (Phi) is 5.41. The van der Waals surface area contributed by atoms with Gasteiger partial charge in [0.05, 0.1) is 17.3 Å². The molecule has 0 radical (unpaired) electrons.